The van der Waals surface area contributed by atoms with Gasteiger partial charge < -0.3 is 10.6 Å². The average Bonchev–Trinajstić information content (AvgIpc) is 2.62. The van der Waals surface area contributed by atoms with Crippen LogP contribution in [0, 0.1) is 6.92 Å². The van der Waals surface area contributed by atoms with E-state index in [9.17, 15) is 4.79 Å². The topological polar surface area (TPSA) is 44.4 Å². The standard InChI is InChI=1S/C21H27N3O/c1-17-6-5-7-20(14-17)23-21(25)22-15-18-8-10-19(11-9-18)16-24-12-3-2-4-13-24/h5-11,14H,2-4,12-13,15-16H2,1H3,(H2,22,23,25). The fraction of sp³-hybridized carbons (Fsp3) is 0.381. The highest BCUT2D eigenvalue weighted by Gasteiger charge is 2.10. The summed E-state index contributed by atoms with van der Waals surface area (Å²) in [6, 6.07) is 16.2. The maximum absolute atomic E-state index is 12.0. The second kappa shape index (κ2) is 8.67. The van der Waals surface area contributed by atoms with Crippen LogP contribution in [-0.4, -0.2) is 24.0 Å². The van der Waals surface area contributed by atoms with E-state index in [-0.39, 0.29) is 6.03 Å². The van der Waals surface area contributed by atoms with Gasteiger partial charge in [0.2, 0.25) is 0 Å². The average molecular weight is 337 g/mol. The Kier molecular flexibility index (Phi) is 6.07. The Hall–Kier alpha value is -2.33. The molecule has 1 saturated heterocycles. The van der Waals surface area contributed by atoms with Crippen molar-refractivity contribution in [3.63, 3.8) is 0 Å². The van der Waals surface area contributed by atoms with Gasteiger partial charge in [0.1, 0.15) is 0 Å². The molecule has 25 heavy (non-hydrogen) atoms. The lowest BCUT2D eigenvalue weighted by Gasteiger charge is -2.26. The summed E-state index contributed by atoms with van der Waals surface area (Å²) >= 11 is 0. The van der Waals surface area contributed by atoms with Crippen molar-refractivity contribution in [1.82, 2.24) is 10.2 Å². The van der Waals surface area contributed by atoms with Crippen molar-refractivity contribution in [3.8, 4) is 0 Å². The molecule has 132 valence electrons. The van der Waals surface area contributed by atoms with Gasteiger partial charge in [-0.25, -0.2) is 4.79 Å². The van der Waals surface area contributed by atoms with Crippen molar-refractivity contribution in [3.05, 3.63) is 65.2 Å². The van der Waals surface area contributed by atoms with E-state index in [2.05, 4.69) is 39.8 Å². The molecule has 1 fully saturated rings. The number of anilines is 1. The number of carbonyl (C=O) groups is 1. The molecule has 1 aliphatic rings. The van der Waals surface area contributed by atoms with E-state index in [0.717, 1.165) is 23.4 Å². The molecule has 3 rings (SSSR count). The van der Waals surface area contributed by atoms with Gasteiger partial charge in [0.15, 0.2) is 0 Å². The number of nitrogens with zero attached hydrogens (tertiary/aromatic N) is 1. The first-order valence-electron chi connectivity index (χ1n) is 9.11. The molecule has 2 aromatic carbocycles. The van der Waals surface area contributed by atoms with Gasteiger partial charge in [-0.2, -0.15) is 0 Å². The molecule has 0 unspecified atom stereocenters. The minimum Gasteiger partial charge on any atom is -0.334 e. The van der Waals surface area contributed by atoms with E-state index in [1.165, 1.54) is 37.9 Å². The zero-order valence-electron chi connectivity index (χ0n) is 14.9. The predicted molar refractivity (Wildman–Crippen MR) is 103 cm³/mol. The predicted octanol–water partition coefficient (Wildman–Crippen LogP) is 4.30. The Morgan fingerprint density at radius 2 is 1.72 bits per heavy atom. The van der Waals surface area contributed by atoms with Crippen molar-refractivity contribution in [1.29, 1.82) is 0 Å². The molecular weight excluding hydrogens is 310 g/mol. The summed E-state index contributed by atoms with van der Waals surface area (Å²) in [6.45, 7) is 5.99. The summed E-state index contributed by atoms with van der Waals surface area (Å²) < 4.78 is 0. The summed E-state index contributed by atoms with van der Waals surface area (Å²) in [4.78, 5) is 14.5. The number of hydrogen-bond donors (Lipinski definition) is 2. The first-order chi connectivity index (χ1) is 12.2. The molecule has 0 radical (unpaired) electrons. The zero-order valence-corrected chi connectivity index (χ0v) is 14.9. The molecule has 1 aliphatic heterocycles. The summed E-state index contributed by atoms with van der Waals surface area (Å²) in [6.07, 6.45) is 4.00. The Bertz CT molecular complexity index is 691. The zero-order chi connectivity index (χ0) is 17.5. The lowest BCUT2D eigenvalue weighted by atomic mass is 10.1. The number of benzene rings is 2. The van der Waals surface area contributed by atoms with E-state index in [1.54, 1.807) is 0 Å². The van der Waals surface area contributed by atoms with Crippen LogP contribution in [0.1, 0.15) is 36.0 Å². The third-order valence-corrected chi connectivity index (χ3v) is 4.61. The number of piperidine rings is 1. The van der Waals surface area contributed by atoms with Crippen molar-refractivity contribution >= 4 is 11.7 Å². The van der Waals surface area contributed by atoms with Crippen LogP contribution >= 0.6 is 0 Å². The van der Waals surface area contributed by atoms with Gasteiger partial charge in [-0.05, 0) is 61.7 Å². The number of hydrogen-bond acceptors (Lipinski definition) is 2. The van der Waals surface area contributed by atoms with E-state index < -0.39 is 0 Å². The second-order valence-electron chi connectivity index (χ2n) is 6.83. The van der Waals surface area contributed by atoms with E-state index in [0.29, 0.717) is 6.54 Å². The quantitative estimate of drug-likeness (QED) is 0.854. The number of carbonyl (C=O) groups excluding carboxylic acids is 1. The van der Waals surface area contributed by atoms with Gasteiger partial charge in [-0.15, -0.1) is 0 Å². The molecule has 0 aliphatic carbocycles. The molecule has 2 amide bonds. The molecule has 0 saturated carbocycles. The minimum atomic E-state index is -0.178. The molecular formula is C21H27N3O. The van der Waals surface area contributed by atoms with Gasteiger partial charge in [-0.3, -0.25) is 4.90 Å². The molecule has 0 bridgehead atoms. The molecule has 0 aromatic heterocycles. The summed E-state index contributed by atoms with van der Waals surface area (Å²) in [5, 5.41) is 5.77. The van der Waals surface area contributed by atoms with Crippen LogP contribution < -0.4 is 10.6 Å². The van der Waals surface area contributed by atoms with Crippen LogP contribution in [-0.2, 0) is 13.1 Å². The number of rotatable bonds is 5. The molecule has 0 spiro atoms. The lowest BCUT2D eigenvalue weighted by molar-refractivity contribution is 0.221. The third-order valence-electron chi connectivity index (χ3n) is 4.61. The Morgan fingerprint density at radius 1 is 1.00 bits per heavy atom. The molecule has 4 nitrogen and oxygen atoms in total. The van der Waals surface area contributed by atoms with Crippen molar-refractivity contribution < 1.29 is 4.79 Å². The van der Waals surface area contributed by atoms with E-state index >= 15 is 0 Å². The van der Waals surface area contributed by atoms with Gasteiger partial charge in [0, 0.05) is 18.8 Å². The van der Waals surface area contributed by atoms with Gasteiger partial charge in [0.05, 0.1) is 0 Å². The van der Waals surface area contributed by atoms with Crippen LogP contribution in [0.3, 0.4) is 0 Å². The van der Waals surface area contributed by atoms with Crippen LogP contribution in [0.15, 0.2) is 48.5 Å². The molecule has 2 aromatic rings. The maximum atomic E-state index is 12.0. The smallest absolute Gasteiger partial charge is 0.319 e. The Labute approximate surface area is 150 Å². The highest BCUT2D eigenvalue weighted by molar-refractivity contribution is 5.89. The number of amides is 2. The lowest BCUT2D eigenvalue weighted by Crippen LogP contribution is -2.29. The van der Waals surface area contributed by atoms with Crippen LogP contribution in [0.2, 0.25) is 0 Å². The van der Waals surface area contributed by atoms with E-state index in [1.807, 2.05) is 31.2 Å². The number of nitrogens with one attached hydrogen (secondary N) is 2. The second-order valence-corrected chi connectivity index (χ2v) is 6.83. The minimum absolute atomic E-state index is 0.178. The van der Waals surface area contributed by atoms with Crippen molar-refractivity contribution in [2.24, 2.45) is 0 Å². The number of urea groups is 1. The first kappa shape index (κ1) is 17.5. The van der Waals surface area contributed by atoms with Gasteiger partial charge >= 0.3 is 6.03 Å². The van der Waals surface area contributed by atoms with Crippen LogP contribution in [0.4, 0.5) is 10.5 Å². The van der Waals surface area contributed by atoms with Crippen molar-refractivity contribution in [2.75, 3.05) is 18.4 Å². The monoisotopic (exact) mass is 337 g/mol. The number of aryl methyl sites for hydroxylation is 1. The highest BCUT2D eigenvalue weighted by Crippen LogP contribution is 2.14. The molecule has 4 heteroatoms. The summed E-state index contributed by atoms with van der Waals surface area (Å²) in [7, 11) is 0. The third kappa shape index (κ3) is 5.61. The fourth-order valence-corrected chi connectivity index (χ4v) is 3.22. The summed E-state index contributed by atoms with van der Waals surface area (Å²) in [5.41, 5.74) is 4.40. The maximum Gasteiger partial charge on any atom is 0.319 e. The van der Waals surface area contributed by atoms with Gasteiger partial charge in [-0.1, -0.05) is 42.8 Å². The molecule has 2 N–H and O–H groups in total. The Morgan fingerprint density at radius 3 is 2.44 bits per heavy atom. The van der Waals surface area contributed by atoms with Crippen LogP contribution in [0.5, 0.6) is 0 Å². The highest BCUT2D eigenvalue weighted by atomic mass is 16.2. The van der Waals surface area contributed by atoms with Crippen molar-refractivity contribution in [2.45, 2.75) is 39.3 Å². The normalized spacial score (nSPS) is 14.9. The SMILES string of the molecule is Cc1cccc(NC(=O)NCc2ccc(CN3CCCCC3)cc2)c1. The molecule has 1 heterocycles. The first-order valence-corrected chi connectivity index (χ1v) is 9.11. The Balaban J connectivity index is 1.45. The molecule has 0 atom stereocenters. The summed E-state index contributed by atoms with van der Waals surface area (Å²) in [5.74, 6) is 0. The van der Waals surface area contributed by atoms with E-state index in [4.69, 9.17) is 0 Å². The largest absolute Gasteiger partial charge is 0.334 e. The number of likely N-dealkylation sites (tertiary alicyclic amines) is 1. The van der Waals surface area contributed by atoms with Crippen LogP contribution in [0.25, 0.3) is 0 Å². The fourth-order valence-electron chi connectivity index (χ4n) is 3.22. The van der Waals surface area contributed by atoms with Gasteiger partial charge in [0.25, 0.3) is 0 Å².